The maximum Gasteiger partial charge on any atom is 0.339 e. The second kappa shape index (κ2) is 13.2. The fourth-order valence-corrected chi connectivity index (χ4v) is 4.55. The number of amides is 1. The monoisotopic (exact) mass is 560 g/mol. The van der Waals surface area contributed by atoms with Gasteiger partial charge in [-0.25, -0.2) is 5.43 Å². The largest absolute Gasteiger partial charge is 0.490 e. The third-order valence-corrected chi connectivity index (χ3v) is 6.54. The van der Waals surface area contributed by atoms with Crippen LogP contribution in [0.2, 0.25) is 5.02 Å². The summed E-state index contributed by atoms with van der Waals surface area (Å²) in [5.41, 5.74) is 4.12. The van der Waals surface area contributed by atoms with E-state index in [1.807, 2.05) is 20.8 Å². The Balaban J connectivity index is 1.79. The second-order valence-electron chi connectivity index (χ2n) is 7.84. The number of halogens is 1. The number of nitrogens with zero attached hydrogens (tertiary/aromatic N) is 1. The van der Waals surface area contributed by atoms with Crippen LogP contribution in [0.5, 0.6) is 23.0 Å². The van der Waals surface area contributed by atoms with Crippen molar-refractivity contribution in [3.05, 3.63) is 76.3 Å². The summed E-state index contributed by atoms with van der Waals surface area (Å²) in [6.45, 7) is 8.38. The number of hydrogen-bond acceptors (Lipinski definition) is 8. The van der Waals surface area contributed by atoms with Crippen LogP contribution in [-0.2, 0) is 10.1 Å². The van der Waals surface area contributed by atoms with Gasteiger partial charge >= 0.3 is 10.1 Å². The van der Waals surface area contributed by atoms with Crippen molar-refractivity contribution < 1.29 is 31.6 Å². The molecule has 0 aromatic heterocycles. The van der Waals surface area contributed by atoms with Crippen LogP contribution in [0.1, 0.15) is 42.3 Å². The first-order valence-electron chi connectivity index (χ1n) is 11.9. The maximum atomic E-state index is 12.8. The molecule has 0 aliphatic rings. The highest BCUT2D eigenvalue weighted by molar-refractivity contribution is 7.87. The van der Waals surface area contributed by atoms with E-state index in [0.717, 1.165) is 5.56 Å². The lowest BCUT2D eigenvalue weighted by atomic mass is 10.2. The van der Waals surface area contributed by atoms with Gasteiger partial charge in [0, 0.05) is 5.56 Å². The van der Waals surface area contributed by atoms with E-state index in [0.29, 0.717) is 35.8 Å². The van der Waals surface area contributed by atoms with Gasteiger partial charge in [0.15, 0.2) is 17.2 Å². The van der Waals surface area contributed by atoms with E-state index in [2.05, 4.69) is 10.5 Å². The lowest BCUT2D eigenvalue weighted by Gasteiger charge is -2.14. The van der Waals surface area contributed by atoms with Crippen molar-refractivity contribution in [1.29, 1.82) is 0 Å². The van der Waals surface area contributed by atoms with E-state index in [4.69, 9.17) is 30.0 Å². The van der Waals surface area contributed by atoms with Gasteiger partial charge in [-0.2, -0.15) is 13.5 Å². The quantitative estimate of drug-likeness (QED) is 0.180. The molecule has 0 saturated heterocycles. The molecule has 3 aromatic rings. The summed E-state index contributed by atoms with van der Waals surface area (Å²) >= 11 is 6.37. The highest BCUT2D eigenvalue weighted by Gasteiger charge is 2.22. The molecule has 0 atom stereocenters. The number of rotatable bonds is 12. The average molecular weight is 561 g/mol. The Morgan fingerprint density at radius 1 is 0.895 bits per heavy atom. The molecular formula is C27H29ClN2O7S. The average Bonchev–Trinajstić information content (AvgIpc) is 2.88. The molecule has 202 valence electrons. The smallest absolute Gasteiger partial charge is 0.339 e. The Morgan fingerprint density at radius 2 is 1.53 bits per heavy atom. The van der Waals surface area contributed by atoms with Crippen molar-refractivity contribution in [2.24, 2.45) is 5.10 Å². The highest BCUT2D eigenvalue weighted by Crippen LogP contribution is 2.38. The van der Waals surface area contributed by atoms with Gasteiger partial charge in [0.1, 0.15) is 4.90 Å². The number of carbonyl (C=O) groups excluding carboxylic acids is 1. The Labute approximate surface area is 227 Å². The van der Waals surface area contributed by atoms with Crippen LogP contribution in [-0.4, -0.2) is 40.4 Å². The number of hydrogen-bond donors (Lipinski definition) is 1. The molecule has 3 aromatic carbocycles. The third-order valence-electron chi connectivity index (χ3n) is 5.02. The molecule has 0 fully saturated rings. The van der Waals surface area contributed by atoms with Gasteiger partial charge in [-0.1, -0.05) is 29.3 Å². The van der Waals surface area contributed by atoms with Crippen molar-refractivity contribution >= 4 is 33.8 Å². The molecule has 9 nitrogen and oxygen atoms in total. The minimum absolute atomic E-state index is 0.00715. The molecule has 11 heteroatoms. The van der Waals surface area contributed by atoms with E-state index in [9.17, 15) is 13.2 Å². The Kier molecular flexibility index (Phi) is 9.98. The number of benzene rings is 3. The van der Waals surface area contributed by atoms with Gasteiger partial charge in [-0.15, -0.1) is 0 Å². The zero-order chi connectivity index (χ0) is 27.7. The van der Waals surface area contributed by atoms with Gasteiger partial charge in [0.2, 0.25) is 5.75 Å². The lowest BCUT2D eigenvalue weighted by molar-refractivity contribution is 0.0954. The predicted molar refractivity (Wildman–Crippen MR) is 145 cm³/mol. The van der Waals surface area contributed by atoms with Crippen molar-refractivity contribution in [2.45, 2.75) is 32.6 Å². The van der Waals surface area contributed by atoms with Crippen molar-refractivity contribution in [2.75, 3.05) is 19.8 Å². The number of hydrazone groups is 1. The van der Waals surface area contributed by atoms with Crippen LogP contribution >= 0.6 is 11.6 Å². The van der Waals surface area contributed by atoms with E-state index < -0.39 is 16.0 Å². The van der Waals surface area contributed by atoms with E-state index in [1.165, 1.54) is 30.5 Å². The molecule has 0 spiro atoms. The van der Waals surface area contributed by atoms with E-state index >= 15 is 0 Å². The Hall–Kier alpha value is -3.76. The second-order valence-corrected chi connectivity index (χ2v) is 9.79. The molecule has 38 heavy (non-hydrogen) atoms. The van der Waals surface area contributed by atoms with Crippen molar-refractivity contribution in [3.63, 3.8) is 0 Å². The fourth-order valence-electron chi connectivity index (χ4n) is 3.29. The SMILES string of the molecule is CCOc1ccc(C(=O)N/N=C/c2cc(Cl)c(OS(=O)(=O)c3ccc(C)cc3)c(OCC)c2)cc1OCC. The standard InChI is InChI=1S/C27H29ClN2O7S/c1-5-34-23-13-10-20(16-24(23)35-6-2)27(31)30-29-17-19-14-22(28)26(25(15-19)36-7-3)37-38(32,33)21-11-8-18(4)9-12-21/h8-17H,5-7H2,1-4H3,(H,30,31)/b29-17+. The highest BCUT2D eigenvalue weighted by atomic mass is 35.5. The predicted octanol–water partition coefficient (Wildman–Crippen LogP) is 5.38. The Morgan fingerprint density at radius 3 is 2.18 bits per heavy atom. The molecule has 0 saturated carbocycles. The zero-order valence-corrected chi connectivity index (χ0v) is 23.1. The maximum absolute atomic E-state index is 12.8. The summed E-state index contributed by atoms with van der Waals surface area (Å²) in [5, 5.41) is 3.98. The minimum Gasteiger partial charge on any atom is -0.490 e. The van der Waals surface area contributed by atoms with Gasteiger partial charge in [0.05, 0.1) is 31.1 Å². The summed E-state index contributed by atoms with van der Waals surface area (Å²) in [7, 11) is -4.15. The topological polar surface area (TPSA) is 113 Å². The normalized spacial score (nSPS) is 11.3. The molecular weight excluding hydrogens is 532 g/mol. The van der Waals surface area contributed by atoms with Crippen LogP contribution in [0.15, 0.2) is 64.6 Å². The first kappa shape index (κ1) is 28.8. The number of nitrogens with one attached hydrogen (secondary N) is 1. The molecule has 0 aliphatic carbocycles. The Bertz CT molecular complexity index is 1410. The molecule has 0 aliphatic heterocycles. The molecule has 0 unspecified atom stereocenters. The first-order valence-corrected chi connectivity index (χ1v) is 13.7. The lowest BCUT2D eigenvalue weighted by Crippen LogP contribution is -2.18. The van der Waals surface area contributed by atoms with Crippen LogP contribution < -0.4 is 23.8 Å². The summed E-state index contributed by atoms with van der Waals surface area (Å²) < 4.78 is 47.5. The molecule has 0 bridgehead atoms. The van der Waals surface area contributed by atoms with E-state index in [-0.39, 0.29) is 28.0 Å². The molecule has 0 radical (unpaired) electrons. The van der Waals surface area contributed by atoms with Crippen molar-refractivity contribution in [3.8, 4) is 23.0 Å². The summed E-state index contributed by atoms with van der Waals surface area (Å²) in [5.74, 6) is 0.490. The summed E-state index contributed by atoms with van der Waals surface area (Å²) in [6, 6.07) is 14.0. The summed E-state index contributed by atoms with van der Waals surface area (Å²) in [4.78, 5) is 12.6. The zero-order valence-electron chi connectivity index (χ0n) is 21.5. The summed E-state index contributed by atoms with van der Waals surface area (Å²) in [6.07, 6.45) is 1.35. The van der Waals surface area contributed by atoms with Gasteiger partial charge in [-0.3, -0.25) is 4.79 Å². The third kappa shape index (κ3) is 7.39. The van der Waals surface area contributed by atoms with E-state index in [1.54, 1.807) is 37.3 Å². The molecule has 1 amide bonds. The van der Waals surface area contributed by atoms with Crippen LogP contribution in [0.4, 0.5) is 0 Å². The molecule has 3 rings (SSSR count). The van der Waals surface area contributed by atoms with Crippen molar-refractivity contribution in [1.82, 2.24) is 5.43 Å². The van der Waals surface area contributed by atoms with Gasteiger partial charge < -0.3 is 18.4 Å². The van der Waals surface area contributed by atoms with Crippen LogP contribution in [0.25, 0.3) is 0 Å². The van der Waals surface area contributed by atoms with Crippen LogP contribution in [0, 0.1) is 6.92 Å². The van der Waals surface area contributed by atoms with Gasteiger partial charge in [-0.05, 0) is 75.7 Å². The van der Waals surface area contributed by atoms with Crippen LogP contribution in [0.3, 0.4) is 0 Å². The minimum atomic E-state index is -4.15. The molecule has 1 N–H and O–H groups in total. The first-order chi connectivity index (χ1) is 18.2. The fraction of sp³-hybridized carbons (Fsp3) is 0.259. The number of ether oxygens (including phenoxy) is 3. The molecule has 0 heterocycles. The number of carbonyl (C=O) groups is 1. The van der Waals surface area contributed by atoms with Gasteiger partial charge in [0.25, 0.3) is 5.91 Å². The number of aryl methyl sites for hydroxylation is 1.